The highest BCUT2D eigenvalue weighted by Gasteiger charge is 2.53. The van der Waals surface area contributed by atoms with E-state index in [2.05, 4.69) is 171 Å². The molecule has 0 fully saturated rings. The SMILES string of the molecule is C=C/C=C\C=C/C1C=CCCC1C1(c2ccccc2N)C2=C(C=CC=CC(Cc3ccccc3)=CC=CC=C2)c2c1ccc1c2CCC=C1. The summed E-state index contributed by atoms with van der Waals surface area (Å²) < 4.78 is 0. The second kappa shape index (κ2) is 14.8. The highest BCUT2D eigenvalue weighted by Crippen LogP contribution is 2.61. The monoisotopic (exact) mass is 635 g/mol. The fourth-order valence-corrected chi connectivity index (χ4v) is 8.42. The molecule has 2 N–H and O–H groups in total. The summed E-state index contributed by atoms with van der Waals surface area (Å²) in [6.07, 6.45) is 45.3. The van der Waals surface area contributed by atoms with Crippen LogP contribution in [-0.4, -0.2) is 0 Å². The zero-order valence-electron chi connectivity index (χ0n) is 28.2. The summed E-state index contributed by atoms with van der Waals surface area (Å²) in [6, 6.07) is 24.1. The molecule has 0 aliphatic heterocycles. The number of para-hydroxylation sites is 1. The first-order chi connectivity index (χ1) is 24.2. The van der Waals surface area contributed by atoms with Gasteiger partial charge in [0.15, 0.2) is 0 Å². The molecule has 3 aromatic carbocycles. The standard InChI is InChI=1S/C48H45N/c1-2-3-4-10-25-39-26-14-17-29-42(39)48(44-31-18-19-32-46(44)49)43-30-11-6-9-22-37(35-36-20-7-5-8-21-36)23-12-15-28-41(43)47-40-27-16-13-24-38(40)33-34-45(47)48/h2-15,18-26,28,30-34,39,42H,1,16-17,27,29,35,49H2/b4-3-,9-6?,11-6?,15-12?,22-9?,23-12?,25-10-,28-15?,30-11?,37-22?,37-23?,41-28?,43-30?. The van der Waals surface area contributed by atoms with E-state index >= 15 is 0 Å². The molecule has 7 rings (SSSR count). The Bertz CT molecular complexity index is 2020. The van der Waals surface area contributed by atoms with Gasteiger partial charge in [-0.25, -0.2) is 0 Å². The molecule has 0 bridgehead atoms. The Kier molecular flexibility index (Phi) is 9.71. The van der Waals surface area contributed by atoms with Gasteiger partial charge in [-0.15, -0.1) is 0 Å². The van der Waals surface area contributed by atoms with Crippen LogP contribution in [0.3, 0.4) is 0 Å². The van der Waals surface area contributed by atoms with Gasteiger partial charge in [-0.3, -0.25) is 0 Å². The lowest BCUT2D eigenvalue weighted by Crippen LogP contribution is -2.41. The molecule has 49 heavy (non-hydrogen) atoms. The van der Waals surface area contributed by atoms with E-state index in [4.69, 9.17) is 5.73 Å². The molecule has 242 valence electrons. The Labute approximate surface area is 292 Å². The van der Waals surface area contributed by atoms with Crippen LogP contribution < -0.4 is 5.73 Å². The third-order valence-electron chi connectivity index (χ3n) is 10.4. The van der Waals surface area contributed by atoms with Crippen molar-refractivity contribution in [1.82, 2.24) is 0 Å². The van der Waals surface area contributed by atoms with Crippen molar-refractivity contribution in [2.75, 3.05) is 5.73 Å². The number of hydrogen-bond acceptors (Lipinski definition) is 1. The Hall–Kier alpha value is -5.40. The molecule has 0 spiro atoms. The fourth-order valence-electron chi connectivity index (χ4n) is 8.42. The predicted molar refractivity (Wildman–Crippen MR) is 211 cm³/mol. The van der Waals surface area contributed by atoms with Crippen molar-refractivity contribution in [3.63, 3.8) is 0 Å². The van der Waals surface area contributed by atoms with Gasteiger partial charge in [0.25, 0.3) is 0 Å². The lowest BCUT2D eigenvalue weighted by molar-refractivity contribution is 0.297. The minimum Gasteiger partial charge on any atom is -0.398 e. The Morgan fingerprint density at radius 3 is 2.47 bits per heavy atom. The fraction of sp³-hybridized carbons (Fsp3) is 0.167. The van der Waals surface area contributed by atoms with Gasteiger partial charge in [0, 0.05) is 5.69 Å². The van der Waals surface area contributed by atoms with Crippen molar-refractivity contribution in [2.45, 2.75) is 37.5 Å². The van der Waals surface area contributed by atoms with Gasteiger partial charge in [-0.2, -0.15) is 0 Å². The Morgan fingerprint density at radius 1 is 0.755 bits per heavy atom. The summed E-state index contributed by atoms with van der Waals surface area (Å²) in [5.74, 6) is 0.470. The van der Waals surface area contributed by atoms with E-state index in [1.807, 2.05) is 12.2 Å². The third kappa shape index (κ3) is 6.30. The second-order valence-corrected chi connectivity index (χ2v) is 13.3. The van der Waals surface area contributed by atoms with Crippen LogP contribution in [0.5, 0.6) is 0 Å². The van der Waals surface area contributed by atoms with Crippen LogP contribution in [0.15, 0.2) is 188 Å². The normalized spacial score (nSPS) is 22.9. The number of nitrogens with two attached hydrogens (primary N) is 1. The van der Waals surface area contributed by atoms with Crippen molar-refractivity contribution in [3.8, 4) is 0 Å². The summed E-state index contributed by atoms with van der Waals surface area (Å²) in [5, 5.41) is 0. The molecule has 0 heterocycles. The molecule has 4 aliphatic rings. The van der Waals surface area contributed by atoms with Crippen LogP contribution in [0.2, 0.25) is 0 Å². The largest absolute Gasteiger partial charge is 0.398 e. The van der Waals surface area contributed by atoms with Gasteiger partial charge in [0.05, 0.1) is 5.41 Å². The quantitative estimate of drug-likeness (QED) is 0.156. The zero-order valence-corrected chi connectivity index (χ0v) is 28.2. The molecule has 4 aliphatic carbocycles. The van der Waals surface area contributed by atoms with E-state index in [0.29, 0.717) is 0 Å². The number of nitrogen functional groups attached to an aromatic ring is 1. The zero-order chi connectivity index (χ0) is 33.5. The van der Waals surface area contributed by atoms with E-state index in [9.17, 15) is 0 Å². The lowest BCUT2D eigenvalue weighted by atomic mass is 9.57. The Balaban J connectivity index is 1.47. The number of allylic oxidation sites excluding steroid dienone is 20. The molecular weight excluding hydrogens is 591 g/mol. The molecule has 3 atom stereocenters. The average molecular weight is 636 g/mol. The first kappa shape index (κ1) is 32.2. The van der Waals surface area contributed by atoms with Crippen LogP contribution in [0.4, 0.5) is 5.69 Å². The first-order valence-corrected chi connectivity index (χ1v) is 17.7. The van der Waals surface area contributed by atoms with Gasteiger partial charge in [0.2, 0.25) is 0 Å². The van der Waals surface area contributed by atoms with Gasteiger partial charge in [-0.1, -0.05) is 177 Å². The number of fused-ring (bicyclic) bond motifs is 4. The third-order valence-corrected chi connectivity index (χ3v) is 10.4. The van der Waals surface area contributed by atoms with E-state index in [1.165, 1.54) is 50.1 Å². The predicted octanol–water partition coefficient (Wildman–Crippen LogP) is 11.6. The summed E-state index contributed by atoms with van der Waals surface area (Å²) in [6.45, 7) is 3.87. The first-order valence-electron chi connectivity index (χ1n) is 17.7. The van der Waals surface area contributed by atoms with Crippen molar-refractivity contribution in [3.05, 3.63) is 221 Å². The molecule has 3 unspecified atom stereocenters. The van der Waals surface area contributed by atoms with E-state index in [1.54, 1.807) is 0 Å². The Morgan fingerprint density at radius 2 is 1.59 bits per heavy atom. The van der Waals surface area contributed by atoms with E-state index < -0.39 is 5.41 Å². The van der Waals surface area contributed by atoms with Crippen LogP contribution in [0, 0.1) is 11.8 Å². The van der Waals surface area contributed by atoms with Gasteiger partial charge in [0.1, 0.15) is 0 Å². The minimum absolute atomic E-state index is 0.219. The van der Waals surface area contributed by atoms with Gasteiger partial charge >= 0.3 is 0 Å². The smallest absolute Gasteiger partial charge is 0.0520 e. The number of anilines is 1. The van der Waals surface area contributed by atoms with Crippen molar-refractivity contribution in [2.24, 2.45) is 11.8 Å². The molecule has 0 radical (unpaired) electrons. The summed E-state index contributed by atoms with van der Waals surface area (Å²) in [7, 11) is 0. The highest BCUT2D eigenvalue weighted by molar-refractivity contribution is 5.94. The van der Waals surface area contributed by atoms with Crippen molar-refractivity contribution < 1.29 is 0 Å². The van der Waals surface area contributed by atoms with Gasteiger partial charge < -0.3 is 5.73 Å². The number of hydrogen-bond donors (Lipinski definition) is 1. The van der Waals surface area contributed by atoms with Crippen LogP contribution in [0.1, 0.15) is 52.6 Å². The maximum atomic E-state index is 7.08. The topological polar surface area (TPSA) is 26.0 Å². The molecule has 0 amide bonds. The molecule has 3 aromatic rings. The van der Waals surface area contributed by atoms with Crippen LogP contribution in [-0.2, 0) is 18.3 Å². The molecule has 1 nitrogen and oxygen atoms in total. The highest BCUT2D eigenvalue weighted by atomic mass is 14.6. The molecule has 1 heteroatoms. The maximum absolute atomic E-state index is 7.08. The van der Waals surface area contributed by atoms with Gasteiger partial charge in [-0.05, 0) is 100 Å². The molecule has 0 saturated heterocycles. The molecular formula is C48H45N. The van der Waals surface area contributed by atoms with Crippen LogP contribution in [0.25, 0.3) is 11.6 Å². The van der Waals surface area contributed by atoms with E-state index in [0.717, 1.165) is 37.8 Å². The number of benzene rings is 3. The average Bonchev–Trinajstić information content (AvgIpc) is 3.41. The summed E-state index contributed by atoms with van der Waals surface area (Å²) >= 11 is 0. The molecule has 0 saturated carbocycles. The minimum atomic E-state index is -0.453. The summed E-state index contributed by atoms with van der Waals surface area (Å²) in [4.78, 5) is 0. The molecule has 0 aromatic heterocycles. The van der Waals surface area contributed by atoms with Crippen molar-refractivity contribution in [1.29, 1.82) is 0 Å². The second-order valence-electron chi connectivity index (χ2n) is 13.3. The number of rotatable bonds is 7. The summed E-state index contributed by atoms with van der Waals surface area (Å²) in [5.41, 5.74) is 19.4. The van der Waals surface area contributed by atoms with E-state index in [-0.39, 0.29) is 11.8 Å². The van der Waals surface area contributed by atoms with Crippen molar-refractivity contribution >= 4 is 17.3 Å². The maximum Gasteiger partial charge on any atom is 0.0520 e. The lowest BCUT2D eigenvalue weighted by Gasteiger charge is -2.45. The van der Waals surface area contributed by atoms with Crippen LogP contribution >= 0.6 is 0 Å².